The first-order valence-corrected chi connectivity index (χ1v) is 7.33. The van der Waals surface area contributed by atoms with Crippen LogP contribution in [0.2, 0.25) is 0 Å². The van der Waals surface area contributed by atoms with Crippen LogP contribution in [0.4, 0.5) is 5.69 Å². The van der Waals surface area contributed by atoms with Gasteiger partial charge in [-0.15, -0.1) is 0 Å². The van der Waals surface area contributed by atoms with Gasteiger partial charge in [0.15, 0.2) is 0 Å². The van der Waals surface area contributed by atoms with Crippen molar-refractivity contribution in [1.82, 2.24) is 10.3 Å². The standard InChI is InChI=1S/C16H29N3O/c1-12(2)8-17-9-15-10-18-13(3)7-16(15)19(5)14(4)11-20-6/h7,10,12,14,17H,8-9,11H2,1-6H3. The zero-order valence-corrected chi connectivity index (χ0v) is 13.7. The third-order valence-electron chi connectivity index (χ3n) is 3.42. The van der Waals surface area contributed by atoms with E-state index in [1.807, 2.05) is 13.1 Å². The Labute approximate surface area is 123 Å². The van der Waals surface area contributed by atoms with Gasteiger partial charge in [0.05, 0.1) is 6.61 Å². The number of methoxy groups -OCH3 is 1. The van der Waals surface area contributed by atoms with Gasteiger partial charge in [0.25, 0.3) is 0 Å². The van der Waals surface area contributed by atoms with E-state index in [0.29, 0.717) is 12.0 Å². The highest BCUT2D eigenvalue weighted by Gasteiger charge is 2.14. The molecule has 1 rings (SSSR count). The number of likely N-dealkylation sites (N-methyl/N-ethyl adjacent to an activating group) is 1. The molecule has 0 aromatic carbocycles. The number of anilines is 1. The lowest BCUT2D eigenvalue weighted by molar-refractivity contribution is 0.183. The van der Waals surface area contributed by atoms with Crippen LogP contribution in [-0.2, 0) is 11.3 Å². The lowest BCUT2D eigenvalue weighted by Gasteiger charge is -2.29. The number of hydrogen-bond acceptors (Lipinski definition) is 4. The highest BCUT2D eigenvalue weighted by atomic mass is 16.5. The molecular formula is C16H29N3O. The molecule has 0 saturated carbocycles. The van der Waals surface area contributed by atoms with Crippen molar-refractivity contribution in [3.05, 3.63) is 23.5 Å². The first-order valence-electron chi connectivity index (χ1n) is 7.33. The third kappa shape index (κ3) is 5.10. The van der Waals surface area contributed by atoms with Crippen molar-refractivity contribution in [3.63, 3.8) is 0 Å². The van der Waals surface area contributed by atoms with Gasteiger partial charge in [-0.1, -0.05) is 13.8 Å². The molecule has 114 valence electrons. The van der Waals surface area contributed by atoms with Crippen LogP contribution in [0.1, 0.15) is 32.0 Å². The minimum atomic E-state index is 0.339. The minimum absolute atomic E-state index is 0.339. The molecule has 0 aliphatic heterocycles. The fraction of sp³-hybridized carbons (Fsp3) is 0.688. The van der Waals surface area contributed by atoms with E-state index in [2.05, 4.69) is 49.1 Å². The molecule has 1 heterocycles. The zero-order valence-electron chi connectivity index (χ0n) is 13.7. The summed E-state index contributed by atoms with van der Waals surface area (Å²) in [4.78, 5) is 6.70. The number of aryl methyl sites for hydroxylation is 1. The Morgan fingerprint density at radius 2 is 2.05 bits per heavy atom. The van der Waals surface area contributed by atoms with Crippen LogP contribution in [0, 0.1) is 12.8 Å². The second-order valence-corrected chi connectivity index (χ2v) is 5.89. The molecule has 0 aliphatic carbocycles. The molecule has 0 radical (unpaired) electrons. The van der Waals surface area contributed by atoms with Crippen LogP contribution in [0.5, 0.6) is 0 Å². The van der Waals surface area contributed by atoms with Gasteiger partial charge in [-0.2, -0.15) is 0 Å². The monoisotopic (exact) mass is 279 g/mol. The molecule has 1 aromatic rings. The lowest BCUT2D eigenvalue weighted by atomic mass is 10.1. The summed E-state index contributed by atoms with van der Waals surface area (Å²) >= 11 is 0. The molecule has 1 unspecified atom stereocenters. The molecule has 0 saturated heterocycles. The maximum atomic E-state index is 5.26. The van der Waals surface area contributed by atoms with Gasteiger partial charge in [0.2, 0.25) is 0 Å². The maximum Gasteiger partial charge on any atom is 0.0663 e. The fourth-order valence-electron chi connectivity index (χ4n) is 2.12. The predicted molar refractivity (Wildman–Crippen MR) is 85.3 cm³/mol. The highest BCUT2D eigenvalue weighted by Crippen LogP contribution is 2.21. The molecule has 1 aromatic heterocycles. The number of hydrogen-bond donors (Lipinski definition) is 1. The van der Waals surface area contributed by atoms with Crippen LogP contribution in [0.15, 0.2) is 12.3 Å². The summed E-state index contributed by atoms with van der Waals surface area (Å²) < 4.78 is 5.26. The van der Waals surface area contributed by atoms with Crippen molar-refractivity contribution < 1.29 is 4.74 Å². The molecule has 0 bridgehead atoms. The van der Waals surface area contributed by atoms with Gasteiger partial charge in [-0.05, 0) is 32.4 Å². The van der Waals surface area contributed by atoms with E-state index in [0.717, 1.165) is 25.4 Å². The largest absolute Gasteiger partial charge is 0.383 e. The highest BCUT2D eigenvalue weighted by molar-refractivity contribution is 5.53. The minimum Gasteiger partial charge on any atom is -0.383 e. The Bertz CT molecular complexity index is 407. The number of ether oxygens (including phenoxy) is 1. The zero-order chi connectivity index (χ0) is 15.1. The second-order valence-electron chi connectivity index (χ2n) is 5.89. The van der Waals surface area contributed by atoms with E-state index in [4.69, 9.17) is 4.74 Å². The average Bonchev–Trinajstić information content (AvgIpc) is 2.39. The molecule has 0 fully saturated rings. The predicted octanol–water partition coefficient (Wildman–Crippen LogP) is 2.61. The van der Waals surface area contributed by atoms with Gasteiger partial charge in [0, 0.05) is 49.9 Å². The van der Waals surface area contributed by atoms with Gasteiger partial charge in [0.1, 0.15) is 0 Å². The topological polar surface area (TPSA) is 37.4 Å². The van der Waals surface area contributed by atoms with Crippen LogP contribution in [0.25, 0.3) is 0 Å². The van der Waals surface area contributed by atoms with Crippen molar-refractivity contribution in [2.45, 2.75) is 40.3 Å². The van der Waals surface area contributed by atoms with Crippen molar-refractivity contribution in [1.29, 1.82) is 0 Å². The van der Waals surface area contributed by atoms with E-state index in [9.17, 15) is 0 Å². The number of nitrogens with zero attached hydrogens (tertiary/aromatic N) is 2. The molecule has 20 heavy (non-hydrogen) atoms. The Morgan fingerprint density at radius 3 is 2.65 bits per heavy atom. The average molecular weight is 279 g/mol. The van der Waals surface area contributed by atoms with Crippen molar-refractivity contribution >= 4 is 5.69 Å². The smallest absolute Gasteiger partial charge is 0.0663 e. The number of pyridine rings is 1. The normalized spacial score (nSPS) is 12.8. The third-order valence-corrected chi connectivity index (χ3v) is 3.42. The Hall–Kier alpha value is -1.13. The van der Waals surface area contributed by atoms with E-state index in [1.165, 1.54) is 11.3 Å². The molecular weight excluding hydrogens is 250 g/mol. The first-order chi connectivity index (χ1) is 9.45. The Morgan fingerprint density at radius 1 is 1.35 bits per heavy atom. The van der Waals surface area contributed by atoms with Gasteiger partial charge in [-0.25, -0.2) is 0 Å². The second kappa shape index (κ2) is 8.22. The lowest BCUT2D eigenvalue weighted by Crippen LogP contribution is -2.34. The number of aromatic nitrogens is 1. The molecule has 4 heteroatoms. The molecule has 4 nitrogen and oxygen atoms in total. The van der Waals surface area contributed by atoms with E-state index >= 15 is 0 Å². The van der Waals surface area contributed by atoms with Crippen molar-refractivity contribution in [2.75, 3.05) is 32.2 Å². The van der Waals surface area contributed by atoms with Gasteiger partial charge in [-0.3, -0.25) is 4.98 Å². The number of nitrogens with one attached hydrogen (secondary N) is 1. The van der Waals surface area contributed by atoms with Crippen LogP contribution < -0.4 is 10.2 Å². The summed E-state index contributed by atoms with van der Waals surface area (Å²) in [6.45, 7) is 11.2. The maximum absolute atomic E-state index is 5.26. The van der Waals surface area contributed by atoms with Crippen LogP contribution >= 0.6 is 0 Å². The summed E-state index contributed by atoms with van der Waals surface area (Å²) in [5, 5.41) is 3.49. The van der Waals surface area contributed by atoms with E-state index < -0.39 is 0 Å². The summed E-state index contributed by atoms with van der Waals surface area (Å²) in [6, 6.07) is 2.49. The fourth-order valence-corrected chi connectivity index (χ4v) is 2.12. The first kappa shape index (κ1) is 16.9. The summed E-state index contributed by atoms with van der Waals surface area (Å²) in [6.07, 6.45) is 1.98. The number of rotatable bonds is 8. The van der Waals surface area contributed by atoms with Crippen molar-refractivity contribution in [3.8, 4) is 0 Å². The molecule has 0 amide bonds. The SMILES string of the molecule is COCC(C)N(C)c1cc(C)ncc1CNCC(C)C. The van der Waals surface area contributed by atoms with Crippen molar-refractivity contribution in [2.24, 2.45) is 5.92 Å². The van der Waals surface area contributed by atoms with E-state index in [1.54, 1.807) is 7.11 Å². The van der Waals surface area contributed by atoms with Gasteiger partial charge < -0.3 is 15.0 Å². The van der Waals surface area contributed by atoms with E-state index in [-0.39, 0.29) is 0 Å². The summed E-state index contributed by atoms with van der Waals surface area (Å²) in [7, 11) is 3.86. The molecule has 0 spiro atoms. The summed E-state index contributed by atoms with van der Waals surface area (Å²) in [5.74, 6) is 0.655. The quantitative estimate of drug-likeness (QED) is 0.794. The molecule has 1 N–H and O–H groups in total. The Kier molecular flexibility index (Phi) is 6.96. The van der Waals surface area contributed by atoms with Crippen LogP contribution in [0.3, 0.4) is 0 Å². The van der Waals surface area contributed by atoms with Crippen LogP contribution in [-0.4, -0.2) is 38.3 Å². The van der Waals surface area contributed by atoms with Gasteiger partial charge >= 0.3 is 0 Å². The Balaban J connectivity index is 2.83. The molecule has 0 aliphatic rings. The molecule has 1 atom stereocenters. The summed E-state index contributed by atoms with van der Waals surface area (Å²) in [5.41, 5.74) is 3.52.